The highest BCUT2D eigenvalue weighted by Crippen LogP contribution is 2.40. The molecular formula is C23H20Cl2N6O. The molecule has 0 saturated carbocycles. The van der Waals surface area contributed by atoms with Crippen LogP contribution in [0.15, 0.2) is 48.8 Å². The van der Waals surface area contributed by atoms with Gasteiger partial charge in [0.2, 0.25) is 0 Å². The smallest absolute Gasteiger partial charge is 0.263 e. The van der Waals surface area contributed by atoms with Crippen LogP contribution in [0.1, 0.15) is 16.1 Å². The van der Waals surface area contributed by atoms with Gasteiger partial charge in [-0.1, -0.05) is 29.3 Å². The van der Waals surface area contributed by atoms with Crippen molar-refractivity contribution in [3.05, 3.63) is 70.1 Å². The third-order valence-corrected chi connectivity index (χ3v) is 6.14. The van der Waals surface area contributed by atoms with Crippen LogP contribution < -0.4 is 15.1 Å². The van der Waals surface area contributed by atoms with Crippen LogP contribution >= 0.6 is 23.2 Å². The van der Waals surface area contributed by atoms with Crippen LogP contribution in [-0.4, -0.2) is 41.6 Å². The molecule has 0 aliphatic carbocycles. The normalized spacial score (nSPS) is 13.7. The molecule has 1 aliphatic rings. The van der Waals surface area contributed by atoms with E-state index in [1.165, 1.54) is 0 Å². The van der Waals surface area contributed by atoms with Crippen molar-refractivity contribution < 1.29 is 4.79 Å². The molecule has 2 N–H and O–H groups in total. The van der Waals surface area contributed by atoms with Gasteiger partial charge in [-0.05, 0) is 37.4 Å². The predicted molar refractivity (Wildman–Crippen MR) is 129 cm³/mol. The van der Waals surface area contributed by atoms with Gasteiger partial charge in [0.25, 0.3) is 5.91 Å². The molecule has 1 amide bonds. The zero-order valence-corrected chi connectivity index (χ0v) is 19.0. The summed E-state index contributed by atoms with van der Waals surface area (Å²) in [7, 11) is 3.83. The van der Waals surface area contributed by atoms with E-state index in [0.29, 0.717) is 34.5 Å². The van der Waals surface area contributed by atoms with E-state index >= 15 is 0 Å². The van der Waals surface area contributed by atoms with Crippen LogP contribution in [0, 0.1) is 0 Å². The number of rotatable bonds is 4. The zero-order valence-electron chi connectivity index (χ0n) is 17.5. The second-order valence-corrected chi connectivity index (χ2v) is 8.49. The maximum atomic E-state index is 13.4. The van der Waals surface area contributed by atoms with Gasteiger partial charge in [-0.25, -0.2) is 4.98 Å². The molecule has 0 fully saturated rings. The first-order valence-electron chi connectivity index (χ1n) is 10.1. The van der Waals surface area contributed by atoms with Crippen molar-refractivity contribution in [2.24, 2.45) is 0 Å². The molecule has 5 rings (SSSR count). The van der Waals surface area contributed by atoms with Crippen LogP contribution in [0.25, 0.3) is 22.3 Å². The predicted octanol–water partition coefficient (Wildman–Crippen LogP) is 4.71. The number of nitrogens with zero attached hydrogens (tertiary/aromatic N) is 4. The Morgan fingerprint density at radius 1 is 1.12 bits per heavy atom. The van der Waals surface area contributed by atoms with E-state index in [4.69, 9.17) is 23.2 Å². The highest BCUT2D eigenvalue weighted by Gasteiger charge is 2.33. The molecule has 0 saturated heterocycles. The van der Waals surface area contributed by atoms with Crippen molar-refractivity contribution in [1.29, 1.82) is 0 Å². The fourth-order valence-corrected chi connectivity index (χ4v) is 4.72. The highest BCUT2D eigenvalue weighted by molar-refractivity contribution is 6.40. The third kappa shape index (κ3) is 3.39. The number of aromatic amines is 1. The summed E-state index contributed by atoms with van der Waals surface area (Å²) in [6, 6.07) is 11.2. The largest absolute Gasteiger partial charge is 0.355 e. The summed E-state index contributed by atoms with van der Waals surface area (Å²) in [5.41, 5.74) is 5.41. The standard InChI is InChI=1S/C23H20Cl2N6O/c1-26-10-14-8-13(6-7-27-14)19-9-15-20-16(11-28-22(15)29-19)23(32)31(12-30(20)2)21-17(24)4-3-5-18(21)25/h3-9,11,26H,10,12H2,1-2H3,(H,28,29). The van der Waals surface area contributed by atoms with E-state index < -0.39 is 0 Å². The van der Waals surface area contributed by atoms with Gasteiger partial charge >= 0.3 is 0 Å². The van der Waals surface area contributed by atoms with Crippen molar-refractivity contribution in [2.45, 2.75) is 6.54 Å². The number of para-hydroxylation sites is 1. The summed E-state index contributed by atoms with van der Waals surface area (Å²) in [4.78, 5) is 29.3. The number of hydrogen-bond donors (Lipinski definition) is 2. The minimum Gasteiger partial charge on any atom is -0.355 e. The van der Waals surface area contributed by atoms with Gasteiger partial charge in [-0.3, -0.25) is 14.7 Å². The maximum absolute atomic E-state index is 13.4. The summed E-state index contributed by atoms with van der Waals surface area (Å²) in [5.74, 6) is -0.189. The molecule has 0 atom stereocenters. The second-order valence-electron chi connectivity index (χ2n) is 7.67. The Bertz CT molecular complexity index is 1330. The molecule has 162 valence electrons. The number of pyridine rings is 2. The first-order valence-corrected chi connectivity index (χ1v) is 10.8. The first-order chi connectivity index (χ1) is 15.5. The van der Waals surface area contributed by atoms with E-state index in [9.17, 15) is 4.79 Å². The van der Waals surface area contributed by atoms with Crippen molar-refractivity contribution in [3.8, 4) is 11.3 Å². The second kappa shape index (κ2) is 8.09. The molecule has 4 heterocycles. The lowest BCUT2D eigenvalue weighted by atomic mass is 10.1. The minimum absolute atomic E-state index is 0.189. The number of carbonyl (C=O) groups excluding carboxylic acids is 1. The number of H-pyrrole nitrogens is 1. The SMILES string of the molecule is CNCc1cc(-c2cc3c4c(cnc3[nH]2)C(=O)N(c2c(Cl)cccc2Cl)CN4C)ccn1. The van der Waals surface area contributed by atoms with E-state index in [-0.39, 0.29) is 5.91 Å². The van der Waals surface area contributed by atoms with E-state index in [2.05, 4.69) is 20.3 Å². The molecule has 9 heteroatoms. The van der Waals surface area contributed by atoms with Crippen molar-refractivity contribution >= 4 is 51.5 Å². The summed E-state index contributed by atoms with van der Waals surface area (Å²) in [5, 5.41) is 4.85. The van der Waals surface area contributed by atoms with Crippen LogP contribution in [-0.2, 0) is 6.54 Å². The fourth-order valence-electron chi connectivity index (χ4n) is 4.12. The number of halogens is 2. The lowest BCUT2D eigenvalue weighted by Crippen LogP contribution is -2.45. The quantitative estimate of drug-likeness (QED) is 0.455. The monoisotopic (exact) mass is 466 g/mol. The van der Waals surface area contributed by atoms with Crippen LogP contribution in [0.5, 0.6) is 0 Å². The fraction of sp³-hybridized carbons (Fsp3) is 0.174. The lowest BCUT2D eigenvalue weighted by molar-refractivity contribution is 0.0982. The highest BCUT2D eigenvalue weighted by atomic mass is 35.5. The maximum Gasteiger partial charge on any atom is 0.263 e. The van der Waals surface area contributed by atoms with Crippen molar-refractivity contribution in [3.63, 3.8) is 0 Å². The summed E-state index contributed by atoms with van der Waals surface area (Å²) in [6.07, 6.45) is 3.39. The van der Waals surface area contributed by atoms with Gasteiger partial charge in [0.15, 0.2) is 0 Å². The molecule has 0 bridgehead atoms. The Hall–Kier alpha value is -3.13. The van der Waals surface area contributed by atoms with E-state index in [1.54, 1.807) is 35.5 Å². The summed E-state index contributed by atoms with van der Waals surface area (Å²) in [6.45, 7) is 0.996. The number of carbonyl (C=O) groups is 1. The molecule has 7 nitrogen and oxygen atoms in total. The summed E-state index contributed by atoms with van der Waals surface area (Å²) < 4.78 is 0. The Balaban J connectivity index is 1.60. The Morgan fingerprint density at radius 3 is 2.66 bits per heavy atom. The third-order valence-electron chi connectivity index (χ3n) is 5.53. The molecule has 1 aromatic carbocycles. The number of anilines is 2. The topological polar surface area (TPSA) is 77.2 Å². The number of fused-ring (bicyclic) bond motifs is 3. The molecule has 1 aliphatic heterocycles. The molecule has 0 unspecified atom stereocenters. The van der Waals surface area contributed by atoms with E-state index in [1.807, 2.05) is 37.2 Å². The van der Waals surface area contributed by atoms with Crippen LogP contribution in [0.3, 0.4) is 0 Å². The summed E-state index contributed by atoms with van der Waals surface area (Å²) >= 11 is 12.8. The lowest BCUT2D eigenvalue weighted by Gasteiger charge is -2.36. The van der Waals surface area contributed by atoms with E-state index in [0.717, 1.165) is 33.7 Å². The van der Waals surface area contributed by atoms with Crippen LogP contribution in [0.2, 0.25) is 10.0 Å². The molecular weight excluding hydrogens is 447 g/mol. The Kier molecular flexibility index (Phi) is 5.25. The zero-order chi connectivity index (χ0) is 22.4. The molecule has 0 spiro atoms. The van der Waals surface area contributed by atoms with Crippen LogP contribution in [0.4, 0.5) is 11.4 Å². The molecule has 32 heavy (non-hydrogen) atoms. The first kappa shape index (κ1) is 20.8. The van der Waals surface area contributed by atoms with Crippen molar-refractivity contribution in [2.75, 3.05) is 30.6 Å². The van der Waals surface area contributed by atoms with Crippen molar-refractivity contribution in [1.82, 2.24) is 20.3 Å². The van der Waals surface area contributed by atoms with Gasteiger partial charge in [0, 0.05) is 42.6 Å². The average molecular weight is 467 g/mol. The minimum atomic E-state index is -0.189. The van der Waals surface area contributed by atoms with Gasteiger partial charge in [0.05, 0.1) is 39.3 Å². The number of benzene rings is 1. The number of amides is 1. The molecule has 0 radical (unpaired) electrons. The van der Waals surface area contributed by atoms with Gasteiger partial charge < -0.3 is 15.2 Å². The van der Waals surface area contributed by atoms with Gasteiger partial charge in [-0.2, -0.15) is 0 Å². The Labute approximate surface area is 195 Å². The number of aromatic nitrogens is 3. The molecule has 3 aromatic heterocycles. The van der Waals surface area contributed by atoms with Gasteiger partial charge in [-0.15, -0.1) is 0 Å². The van der Waals surface area contributed by atoms with Gasteiger partial charge in [0.1, 0.15) is 5.65 Å². The Morgan fingerprint density at radius 2 is 1.91 bits per heavy atom. The number of hydrogen-bond acceptors (Lipinski definition) is 5. The number of nitrogens with one attached hydrogen (secondary N) is 2. The average Bonchev–Trinajstić information content (AvgIpc) is 3.21. The molecule has 4 aromatic rings.